The second-order valence-electron chi connectivity index (χ2n) is 6.50. The summed E-state index contributed by atoms with van der Waals surface area (Å²) in [4.78, 5) is 30.0. The molecule has 174 valence electrons. The first kappa shape index (κ1) is 27.2. The molecule has 0 amide bonds. The van der Waals surface area contributed by atoms with E-state index in [1.165, 1.54) is 0 Å². The normalized spacial score (nSPS) is 12.8. The highest BCUT2D eigenvalue weighted by Gasteiger charge is 2.26. The fraction of sp³-hybridized carbons (Fsp3) is 0.417. The van der Waals surface area contributed by atoms with Crippen molar-refractivity contribution < 1.29 is 4.79 Å². The predicted molar refractivity (Wildman–Crippen MR) is 142 cm³/mol. The van der Waals surface area contributed by atoms with Gasteiger partial charge in [0.2, 0.25) is 5.78 Å². The second kappa shape index (κ2) is 14.2. The van der Waals surface area contributed by atoms with Gasteiger partial charge in [0.15, 0.2) is 0 Å². The molecule has 0 bridgehead atoms. The third kappa shape index (κ3) is 6.56. The van der Waals surface area contributed by atoms with Crippen molar-refractivity contribution in [2.75, 3.05) is 37.8 Å². The number of hydrogen-bond acceptors (Lipinski definition) is 7. The Bertz CT molecular complexity index is 975. The van der Waals surface area contributed by atoms with Gasteiger partial charge in [0.1, 0.15) is 17.0 Å². The summed E-state index contributed by atoms with van der Waals surface area (Å²) in [6, 6.07) is 1.94. The Morgan fingerprint density at radius 2 is 2.00 bits per heavy atom. The van der Waals surface area contributed by atoms with Gasteiger partial charge in [-0.15, -0.1) is 18.3 Å². The molecular formula is C24H36N6OS. The highest BCUT2D eigenvalue weighted by Crippen LogP contribution is 2.38. The van der Waals surface area contributed by atoms with E-state index >= 15 is 0 Å². The fourth-order valence-corrected chi connectivity index (χ4v) is 3.55. The molecule has 0 atom stereocenters. The molecule has 2 aromatic rings. The minimum Gasteiger partial charge on any atom is -0.377 e. The molecule has 0 fully saturated rings. The van der Waals surface area contributed by atoms with E-state index in [2.05, 4.69) is 21.5 Å². The van der Waals surface area contributed by atoms with Gasteiger partial charge < -0.3 is 14.4 Å². The van der Waals surface area contributed by atoms with Crippen LogP contribution in [0.5, 0.6) is 0 Å². The van der Waals surface area contributed by atoms with Crippen LogP contribution >= 0.6 is 11.8 Å². The summed E-state index contributed by atoms with van der Waals surface area (Å²) in [6.45, 7) is 12.5. The average Bonchev–Trinajstić information content (AvgIpc) is 2.99. The molecule has 0 saturated heterocycles. The predicted octanol–water partition coefficient (Wildman–Crippen LogP) is 5.31. The van der Waals surface area contributed by atoms with Crippen molar-refractivity contribution in [2.45, 2.75) is 27.7 Å². The summed E-state index contributed by atoms with van der Waals surface area (Å²) < 4.78 is 1.84. The number of aromatic nitrogens is 2. The Morgan fingerprint density at radius 1 is 1.28 bits per heavy atom. The molecule has 32 heavy (non-hydrogen) atoms. The third-order valence-electron chi connectivity index (χ3n) is 4.30. The van der Waals surface area contributed by atoms with Gasteiger partial charge in [-0.05, 0) is 6.07 Å². The lowest BCUT2D eigenvalue weighted by Gasteiger charge is -2.14. The molecule has 0 aromatic carbocycles. The zero-order chi connectivity index (χ0) is 24.1. The minimum absolute atomic E-state index is 0.0163. The molecule has 0 aliphatic carbocycles. The summed E-state index contributed by atoms with van der Waals surface area (Å²) in [7, 11) is 5.81. The molecule has 0 saturated carbocycles. The number of carbonyl (C=O) groups is 1. The molecule has 1 aliphatic heterocycles. The summed E-state index contributed by atoms with van der Waals surface area (Å²) in [5, 5.41) is 0.898. The number of aliphatic imine (C=N–C) groups is 2. The molecular weight excluding hydrogens is 420 g/mol. The van der Waals surface area contributed by atoms with E-state index in [9.17, 15) is 4.79 Å². The number of nitrogens with zero attached hydrogens (tertiary/aromatic N) is 6. The third-order valence-corrected chi connectivity index (χ3v) is 4.99. The standard InChI is InChI=1S/C20H24N6OS.2C2H6/c1-5-8-21-14-28-11-6-10-26-12-16(27)19-18(23-13-26)17-15(24(2)3)7-9-22-20(17)25(19)4;2*1-2/h5-7,9-10,13-14H,1,8,11-12H2,2-4H3;2*1-2H3/b10-6+,21-14?;;. The van der Waals surface area contributed by atoms with Crippen molar-refractivity contribution in [1.82, 2.24) is 14.5 Å². The summed E-state index contributed by atoms with van der Waals surface area (Å²) in [5.74, 6) is 0.784. The average molecular weight is 457 g/mol. The number of hydrogen-bond donors (Lipinski definition) is 0. The second-order valence-corrected chi connectivity index (χ2v) is 7.37. The van der Waals surface area contributed by atoms with Crippen LogP contribution in [-0.2, 0) is 7.05 Å². The van der Waals surface area contributed by atoms with E-state index in [1.54, 1.807) is 35.3 Å². The first-order chi connectivity index (χ1) is 15.5. The first-order valence-electron chi connectivity index (χ1n) is 10.9. The largest absolute Gasteiger partial charge is 0.377 e. The van der Waals surface area contributed by atoms with Crippen molar-refractivity contribution >= 4 is 51.8 Å². The maximum atomic E-state index is 12.9. The molecule has 3 rings (SSSR count). The highest BCUT2D eigenvalue weighted by molar-refractivity contribution is 8.12. The molecule has 2 aromatic heterocycles. The molecule has 1 aliphatic rings. The summed E-state index contributed by atoms with van der Waals surface area (Å²) in [5.41, 5.74) is 4.84. The van der Waals surface area contributed by atoms with Crippen molar-refractivity contribution in [3.05, 3.63) is 42.9 Å². The van der Waals surface area contributed by atoms with Gasteiger partial charge in [0.25, 0.3) is 0 Å². The molecule has 0 unspecified atom stereocenters. The minimum atomic E-state index is 0.0163. The maximum absolute atomic E-state index is 12.9. The molecule has 0 spiro atoms. The SMILES string of the molecule is C=CCN=CSC/C=C/N1C=Nc2c(n(C)c3nccc(N(C)C)c23)C(=O)C1.CC.CC. The van der Waals surface area contributed by atoms with Crippen LogP contribution in [0.3, 0.4) is 0 Å². The van der Waals surface area contributed by atoms with Gasteiger partial charge in [0.05, 0.1) is 36.0 Å². The van der Waals surface area contributed by atoms with Crippen LogP contribution in [0.25, 0.3) is 11.0 Å². The van der Waals surface area contributed by atoms with Crippen molar-refractivity contribution in [1.29, 1.82) is 0 Å². The first-order valence-corrected chi connectivity index (χ1v) is 11.9. The highest BCUT2D eigenvalue weighted by atomic mass is 32.2. The summed E-state index contributed by atoms with van der Waals surface area (Å²) in [6.07, 6.45) is 9.10. The van der Waals surface area contributed by atoms with E-state index in [-0.39, 0.29) is 12.3 Å². The molecule has 0 radical (unpaired) electrons. The Labute approximate surface area is 196 Å². The molecule has 0 N–H and O–H groups in total. The van der Waals surface area contributed by atoms with E-state index in [0.717, 1.165) is 22.5 Å². The van der Waals surface area contributed by atoms with Crippen LogP contribution in [0.4, 0.5) is 11.4 Å². The number of anilines is 1. The van der Waals surface area contributed by atoms with Crippen LogP contribution < -0.4 is 4.90 Å². The lowest BCUT2D eigenvalue weighted by molar-refractivity contribution is 0.0970. The Hall–Kier alpha value is -2.87. The van der Waals surface area contributed by atoms with Gasteiger partial charge in [0, 0.05) is 39.3 Å². The monoisotopic (exact) mass is 456 g/mol. The number of pyridine rings is 1. The van der Waals surface area contributed by atoms with E-state index in [1.807, 2.05) is 82.2 Å². The van der Waals surface area contributed by atoms with Crippen LogP contribution in [0.1, 0.15) is 38.2 Å². The zero-order valence-corrected chi connectivity index (χ0v) is 21.2. The quantitative estimate of drug-likeness (QED) is 0.244. The van der Waals surface area contributed by atoms with Gasteiger partial charge in [-0.1, -0.05) is 39.8 Å². The number of thioether (sulfide) groups is 1. The number of aryl methyl sites for hydroxylation is 1. The van der Waals surface area contributed by atoms with Crippen molar-refractivity contribution in [3.8, 4) is 0 Å². The topological polar surface area (TPSA) is 66.1 Å². The Morgan fingerprint density at radius 3 is 2.66 bits per heavy atom. The van der Waals surface area contributed by atoms with Crippen LogP contribution in [0, 0.1) is 0 Å². The number of fused-ring (bicyclic) bond motifs is 3. The van der Waals surface area contributed by atoms with Crippen molar-refractivity contribution in [3.63, 3.8) is 0 Å². The van der Waals surface area contributed by atoms with Crippen LogP contribution in [0.2, 0.25) is 0 Å². The van der Waals surface area contributed by atoms with Gasteiger partial charge in [-0.3, -0.25) is 9.79 Å². The number of ketones is 1. The van der Waals surface area contributed by atoms with Crippen LogP contribution in [-0.4, -0.2) is 65.1 Å². The molecule has 3 heterocycles. The Balaban J connectivity index is 0.00000121. The van der Waals surface area contributed by atoms with E-state index in [0.29, 0.717) is 17.9 Å². The van der Waals surface area contributed by atoms with E-state index in [4.69, 9.17) is 0 Å². The lowest BCUT2D eigenvalue weighted by Crippen LogP contribution is -2.23. The molecule has 7 nitrogen and oxygen atoms in total. The fourth-order valence-electron chi connectivity index (χ4n) is 3.07. The number of rotatable bonds is 7. The zero-order valence-electron chi connectivity index (χ0n) is 20.4. The van der Waals surface area contributed by atoms with Crippen molar-refractivity contribution in [2.24, 2.45) is 17.0 Å². The molecule has 8 heteroatoms. The van der Waals surface area contributed by atoms with Gasteiger partial charge in [-0.2, -0.15) is 0 Å². The van der Waals surface area contributed by atoms with Gasteiger partial charge in [-0.25, -0.2) is 9.98 Å². The Kier molecular flexibility index (Phi) is 12.1. The number of Topliss-reactive ketones (excluding diaryl/α,β-unsaturated/α-hetero) is 1. The van der Waals surface area contributed by atoms with E-state index < -0.39 is 0 Å². The lowest BCUT2D eigenvalue weighted by atomic mass is 10.2. The smallest absolute Gasteiger partial charge is 0.201 e. The van der Waals surface area contributed by atoms with Crippen LogP contribution in [0.15, 0.2) is 47.2 Å². The van der Waals surface area contributed by atoms with Gasteiger partial charge >= 0.3 is 0 Å². The number of carbonyl (C=O) groups excluding carboxylic acids is 1. The summed E-state index contributed by atoms with van der Waals surface area (Å²) >= 11 is 1.59. The maximum Gasteiger partial charge on any atom is 0.201 e.